The van der Waals surface area contributed by atoms with E-state index in [2.05, 4.69) is 0 Å². The van der Waals surface area contributed by atoms with Crippen molar-refractivity contribution in [3.8, 4) is 5.75 Å². The van der Waals surface area contributed by atoms with Gasteiger partial charge in [-0.3, -0.25) is 24.1 Å². The number of likely N-dealkylation sites (tertiary alicyclic amines) is 1. The molecule has 3 aliphatic carbocycles. The van der Waals surface area contributed by atoms with Crippen LogP contribution in [0, 0.1) is 23.7 Å². The minimum Gasteiger partial charge on any atom is -0.507 e. The first-order valence-corrected chi connectivity index (χ1v) is 17.6. The van der Waals surface area contributed by atoms with E-state index in [1.807, 2.05) is 133 Å². The van der Waals surface area contributed by atoms with Crippen molar-refractivity contribution in [2.75, 3.05) is 0 Å². The molecule has 0 aromatic heterocycles. The van der Waals surface area contributed by atoms with Gasteiger partial charge in [0.15, 0.2) is 11.6 Å². The number of imide groups is 1. The standard InChI is InChI=1S/C45H35NO5/c47-38-25-35(28-14-6-2-7-15-28)42(49)37-24-36-32(22-23-33-39(36)44(51)46(43(33)50)26-27-12-4-1-5-13-27)40(45(37,38)30-17-8-3-9-18-30)34-21-20-29-16-10-11-19-31(29)41(34)48/h1-22,25,33,36-37,39-40,48H,23-24,26H2. The van der Waals surface area contributed by atoms with Crippen molar-refractivity contribution in [2.24, 2.45) is 23.7 Å². The van der Waals surface area contributed by atoms with Crippen molar-refractivity contribution < 1.29 is 24.3 Å². The van der Waals surface area contributed by atoms with Crippen LogP contribution < -0.4 is 0 Å². The second-order valence-electron chi connectivity index (χ2n) is 14.3. The van der Waals surface area contributed by atoms with E-state index in [1.165, 1.54) is 11.0 Å². The maximum Gasteiger partial charge on any atom is 0.234 e. The highest BCUT2D eigenvalue weighted by molar-refractivity contribution is 6.31. The molecule has 2 amide bonds. The number of rotatable bonds is 5. The number of hydrogen-bond donors (Lipinski definition) is 1. The Balaban J connectivity index is 1.28. The summed E-state index contributed by atoms with van der Waals surface area (Å²) in [5.41, 5.74) is 2.53. The lowest BCUT2D eigenvalue weighted by atomic mass is 9.44. The first kappa shape index (κ1) is 31.1. The summed E-state index contributed by atoms with van der Waals surface area (Å²) >= 11 is 0. The van der Waals surface area contributed by atoms with Gasteiger partial charge in [-0.15, -0.1) is 0 Å². The lowest BCUT2D eigenvalue weighted by molar-refractivity contribution is -0.141. The van der Waals surface area contributed by atoms with E-state index in [1.54, 1.807) is 0 Å². The average molecular weight is 670 g/mol. The molecule has 1 saturated heterocycles. The number of fused-ring (bicyclic) bond motifs is 5. The van der Waals surface area contributed by atoms with Crippen LogP contribution in [0.15, 0.2) is 145 Å². The third-order valence-electron chi connectivity index (χ3n) is 11.9. The van der Waals surface area contributed by atoms with Crippen molar-refractivity contribution in [3.63, 3.8) is 0 Å². The number of Topliss-reactive ketones (excluding diaryl/α,β-unsaturated/α-hetero) is 1. The van der Waals surface area contributed by atoms with Crippen molar-refractivity contribution in [1.82, 2.24) is 4.90 Å². The molecule has 5 aromatic rings. The van der Waals surface area contributed by atoms with Gasteiger partial charge in [-0.2, -0.15) is 0 Å². The summed E-state index contributed by atoms with van der Waals surface area (Å²) < 4.78 is 0. The molecular formula is C45H35NO5. The van der Waals surface area contributed by atoms with E-state index in [-0.39, 0.29) is 42.1 Å². The zero-order chi connectivity index (χ0) is 34.9. The van der Waals surface area contributed by atoms with E-state index >= 15 is 9.59 Å². The molecule has 4 aliphatic rings. The Morgan fingerprint density at radius 1 is 0.706 bits per heavy atom. The molecule has 0 spiro atoms. The summed E-state index contributed by atoms with van der Waals surface area (Å²) in [4.78, 5) is 60.2. The maximum atomic E-state index is 15.2. The molecule has 6 heteroatoms. The van der Waals surface area contributed by atoms with Gasteiger partial charge in [0, 0.05) is 28.4 Å². The summed E-state index contributed by atoms with van der Waals surface area (Å²) in [6.07, 6.45) is 4.10. The van der Waals surface area contributed by atoms with E-state index in [4.69, 9.17) is 0 Å². The number of aromatic hydroxyl groups is 1. The summed E-state index contributed by atoms with van der Waals surface area (Å²) in [5, 5.41) is 13.6. The molecule has 1 heterocycles. The van der Waals surface area contributed by atoms with Crippen LogP contribution in [0.4, 0.5) is 0 Å². The number of allylic oxidation sites excluding steroid dienone is 4. The molecule has 250 valence electrons. The minimum atomic E-state index is -1.40. The van der Waals surface area contributed by atoms with E-state index < -0.39 is 35.0 Å². The molecule has 6 atom stereocenters. The van der Waals surface area contributed by atoms with Gasteiger partial charge >= 0.3 is 0 Å². The number of phenolic OH excluding ortho intramolecular Hbond substituents is 1. The molecule has 2 fully saturated rings. The SMILES string of the molecule is O=C1C(c2ccccc2)=CC(=O)C2(c3ccccc3)C1CC1C(=CCC3C(=O)N(Cc4ccccc4)C(=O)C31)C2c1ccc2ccccc2c1O. The van der Waals surface area contributed by atoms with Gasteiger partial charge in [0.05, 0.1) is 23.8 Å². The molecule has 1 N–H and O–H groups in total. The highest BCUT2D eigenvalue weighted by atomic mass is 16.3. The fourth-order valence-corrected chi connectivity index (χ4v) is 9.71. The third-order valence-corrected chi connectivity index (χ3v) is 11.9. The highest BCUT2D eigenvalue weighted by Crippen LogP contribution is 2.64. The van der Waals surface area contributed by atoms with Crippen LogP contribution in [0.25, 0.3) is 16.3 Å². The van der Waals surface area contributed by atoms with Crippen molar-refractivity contribution in [1.29, 1.82) is 0 Å². The smallest absolute Gasteiger partial charge is 0.234 e. The Morgan fingerprint density at radius 3 is 2.12 bits per heavy atom. The molecule has 0 radical (unpaired) electrons. The molecule has 6 unspecified atom stereocenters. The quantitative estimate of drug-likeness (QED) is 0.154. The third kappa shape index (κ3) is 4.55. The van der Waals surface area contributed by atoms with Crippen LogP contribution in [-0.2, 0) is 31.1 Å². The Kier molecular flexibility index (Phi) is 7.25. The summed E-state index contributed by atoms with van der Waals surface area (Å²) in [7, 11) is 0. The molecule has 1 aliphatic heterocycles. The molecule has 6 nitrogen and oxygen atoms in total. The number of carbonyl (C=O) groups excluding carboxylic acids is 4. The zero-order valence-electron chi connectivity index (χ0n) is 27.8. The van der Waals surface area contributed by atoms with Crippen LogP contribution in [0.1, 0.15) is 41.0 Å². The van der Waals surface area contributed by atoms with Gasteiger partial charge in [-0.1, -0.05) is 139 Å². The molecule has 1 saturated carbocycles. The fraction of sp³-hybridized carbons (Fsp3) is 0.200. The number of carbonyl (C=O) groups is 4. The minimum absolute atomic E-state index is 0.0495. The van der Waals surface area contributed by atoms with Gasteiger partial charge < -0.3 is 5.11 Å². The van der Waals surface area contributed by atoms with Gasteiger partial charge in [-0.25, -0.2) is 0 Å². The monoisotopic (exact) mass is 669 g/mol. The van der Waals surface area contributed by atoms with E-state index in [0.29, 0.717) is 34.1 Å². The van der Waals surface area contributed by atoms with Crippen LogP contribution in [0.5, 0.6) is 5.75 Å². The Morgan fingerprint density at radius 2 is 1.37 bits per heavy atom. The molecule has 51 heavy (non-hydrogen) atoms. The van der Waals surface area contributed by atoms with Gasteiger partial charge in [0.1, 0.15) is 5.75 Å². The topological polar surface area (TPSA) is 91.8 Å². The van der Waals surface area contributed by atoms with E-state index in [9.17, 15) is 14.7 Å². The van der Waals surface area contributed by atoms with Crippen LogP contribution in [0.3, 0.4) is 0 Å². The number of hydrogen-bond acceptors (Lipinski definition) is 5. The first-order valence-electron chi connectivity index (χ1n) is 17.6. The maximum absolute atomic E-state index is 15.2. The van der Waals surface area contributed by atoms with Crippen molar-refractivity contribution in [3.05, 3.63) is 167 Å². The van der Waals surface area contributed by atoms with Crippen molar-refractivity contribution >= 4 is 39.7 Å². The number of nitrogens with zero attached hydrogens (tertiary/aromatic N) is 1. The molecule has 9 rings (SSSR count). The second-order valence-corrected chi connectivity index (χ2v) is 14.3. The van der Waals surface area contributed by atoms with Gasteiger partial charge in [0.25, 0.3) is 0 Å². The average Bonchev–Trinajstić information content (AvgIpc) is 3.41. The molecular weight excluding hydrogens is 634 g/mol. The highest BCUT2D eigenvalue weighted by Gasteiger charge is 2.66. The van der Waals surface area contributed by atoms with Crippen LogP contribution in [0.2, 0.25) is 0 Å². The Labute approximate surface area is 295 Å². The Hall–Kier alpha value is -5.88. The van der Waals surface area contributed by atoms with Gasteiger partial charge in [-0.05, 0) is 46.9 Å². The number of benzene rings is 5. The number of phenols is 1. The largest absolute Gasteiger partial charge is 0.507 e. The van der Waals surface area contributed by atoms with Gasteiger partial charge in [0.2, 0.25) is 11.8 Å². The first-order chi connectivity index (χ1) is 24.9. The molecule has 5 aromatic carbocycles. The second kappa shape index (κ2) is 11.9. The zero-order valence-corrected chi connectivity index (χ0v) is 27.8. The summed E-state index contributed by atoms with van der Waals surface area (Å²) in [6, 6.07) is 39.6. The van der Waals surface area contributed by atoms with Crippen molar-refractivity contribution in [2.45, 2.75) is 30.7 Å². The number of ketones is 2. The lowest BCUT2D eigenvalue weighted by Gasteiger charge is -2.55. The number of amides is 2. The lowest BCUT2D eigenvalue weighted by Crippen LogP contribution is -2.58. The Bertz CT molecular complexity index is 2310. The fourth-order valence-electron chi connectivity index (χ4n) is 9.71. The van der Waals surface area contributed by atoms with E-state index in [0.717, 1.165) is 16.5 Å². The molecule has 0 bridgehead atoms. The predicted molar refractivity (Wildman–Crippen MR) is 194 cm³/mol. The van der Waals surface area contributed by atoms with Crippen LogP contribution in [-0.4, -0.2) is 33.4 Å². The summed E-state index contributed by atoms with van der Waals surface area (Å²) in [6.45, 7) is 0.179. The predicted octanol–water partition coefficient (Wildman–Crippen LogP) is 7.57. The normalized spacial score (nSPS) is 27.1. The summed E-state index contributed by atoms with van der Waals surface area (Å²) in [5.74, 6) is -4.17. The van der Waals surface area contributed by atoms with Crippen LogP contribution >= 0.6 is 0 Å².